The molecule has 0 bridgehead atoms. The molecule has 3 heterocycles. The first-order valence-electron chi connectivity index (χ1n) is 7.40. The average molecular weight is 361 g/mol. The van der Waals surface area contributed by atoms with Crippen molar-refractivity contribution in [3.8, 4) is 11.4 Å². The molecule has 132 valence electrons. The predicted molar refractivity (Wildman–Crippen MR) is 83.2 cm³/mol. The molecule has 0 radical (unpaired) electrons. The molecule has 0 amide bonds. The molecule has 4 rings (SSSR count). The van der Waals surface area contributed by atoms with Gasteiger partial charge < -0.3 is 4.52 Å². The molecule has 4 aromatic rings. The van der Waals surface area contributed by atoms with Gasteiger partial charge >= 0.3 is 12.1 Å². The predicted octanol–water partition coefficient (Wildman–Crippen LogP) is 3.13. The molecule has 0 aliphatic heterocycles. The Balaban J connectivity index is 1.77. The van der Waals surface area contributed by atoms with Crippen molar-refractivity contribution in [2.75, 3.05) is 0 Å². The quantitative estimate of drug-likeness (QED) is 0.548. The van der Waals surface area contributed by atoms with E-state index in [0.717, 1.165) is 5.39 Å². The fourth-order valence-corrected chi connectivity index (χ4v) is 2.55. The molecule has 0 saturated carbocycles. The monoisotopic (exact) mass is 361 g/mol. The van der Waals surface area contributed by atoms with E-state index >= 15 is 0 Å². The highest BCUT2D eigenvalue weighted by Gasteiger charge is 2.38. The fourth-order valence-electron chi connectivity index (χ4n) is 2.55. The summed E-state index contributed by atoms with van der Waals surface area (Å²) in [7, 11) is 1.69. The summed E-state index contributed by atoms with van der Waals surface area (Å²) in [6.07, 6.45) is -1.50. The summed E-state index contributed by atoms with van der Waals surface area (Å²) in [5.74, 6) is -1.99. The summed E-state index contributed by atoms with van der Waals surface area (Å²) in [5, 5.41) is 8.16. The number of rotatable bonds is 2. The van der Waals surface area contributed by atoms with Gasteiger partial charge in [0.15, 0.2) is 5.69 Å². The van der Waals surface area contributed by atoms with Gasteiger partial charge in [-0.1, -0.05) is 17.3 Å². The van der Waals surface area contributed by atoms with Crippen LogP contribution < -0.4 is 0 Å². The molecule has 26 heavy (non-hydrogen) atoms. The Bertz CT molecular complexity index is 1120. The van der Waals surface area contributed by atoms with Crippen LogP contribution >= 0.6 is 0 Å². The largest absolute Gasteiger partial charge is 0.471 e. The summed E-state index contributed by atoms with van der Waals surface area (Å²) in [6, 6.07) is 8.05. The van der Waals surface area contributed by atoms with Crippen LogP contribution in [0.25, 0.3) is 22.3 Å². The second-order valence-electron chi connectivity index (χ2n) is 5.56. The third-order valence-electron chi connectivity index (χ3n) is 3.77. The van der Waals surface area contributed by atoms with E-state index < -0.39 is 12.1 Å². The molecule has 0 fully saturated rings. The van der Waals surface area contributed by atoms with Crippen LogP contribution in [0.1, 0.15) is 16.4 Å². The zero-order chi connectivity index (χ0) is 18.5. The molecule has 10 heteroatoms. The van der Waals surface area contributed by atoms with Crippen LogP contribution in [0, 0.1) is 0 Å². The number of aromatic nitrogens is 5. The van der Waals surface area contributed by atoms with E-state index in [1.807, 2.05) is 0 Å². The lowest BCUT2D eigenvalue weighted by Gasteiger charge is -2.03. The van der Waals surface area contributed by atoms with E-state index in [0.29, 0.717) is 11.1 Å². The van der Waals surface area contributed by atoms with E-state index in [1.54, 1.807) is 43.7 Å². The molecular weight excluding hydrogens is 351 g/mol. The van der Waals surface area contributed by atoms with Crippen molar-refractivity contribution < 1.29 is 22.5 Å². The highest BCUT2D eigenvalue weighted by atomic mass is 19.4. The van der Waals surface area contributed by atoms with Gasteiger partial charge in [-0.2, -0.15) is 23.3 Å². The van der Waals surface area contributed by atoms with Crippen molar-refractivity contribution in [2.24, 2.45) is 7.05 Å². The maximum Gasteiger partial charge on any atom is 0.471 e. The number of halogens is 3. The zero-order valence-electron chi connectivity index (χ0n) is 13.2. The minimum atomic E-state index is -4.72. The van der Waals surface area contributed by atoms with Crippen molar-refractivity contribution in [3.63, 3.8) is 0 Å². The van der Waals surface area contributed by atoms with Crippen molar-refractivity contribution in [1.29, 1.82) is 0 Å². The van der Waals surface area contributed by atoms with Gasteiger partial charge in [-0.3, -0.25) is 14.0 Å². The highest BCUT2D eigenvalue weighted by Crippen LogP contribution is 2.30. The molecule has 0 aliphatic rings. The van der Waals surface area contributed by atoms with Gasteiger partial charge in [0.1, 0.15) is 0 Å². The Labute approximate surface area is 143 Å². The molecule has 0 unspecified atom stereocenters. The summed E-state index contributed by atoms with van der Waals surface area (Å²) < 4.78 is 45.0. The first-order valence-corrected chi connectivity index (χ1v) is 7.40. The Morgan fingerprint density at radius 2 is 1.96 bits per heavy atom. The van der Waals surface area contributed by atoms with Crippen LogP contribution in [0.2, 0.25) is 0 Å². The van der Waals surface area contributed by atoms with Crippen LogP contribution in [0.15, 0.2) is 47.2 Å². The van der Waals surface area contributed by atoms with Gasteiger partial charge in [0.25, 0.3) is 5.91 Å². The van der Waals surface area contributed by atoms with Crippen LogP contribution in [0.5, 0.6) is 0 Å². The normalized spacial score (nSPS) is 12.0. The Morgan fingerprint density at radius 3 is 2.62 bits per heavy atom. The zero-order valence-corrected chi connectivity index (χ0v) is 13.2. The fraction of sp³-hybridized carbons (Fsp3) is 0.125. The maximum atomic E-state index is 12.6. The topological polar surface area (TPSA) is 78.7 Å². The smallest absolute Gasteiger partial charge is 0.329 e. The summed E-state index contributed by atoms with van der Waals surface area (Å²) >= 11 is 0. The summed E-state index contributed by atoms with van der Waals surface area (Å²) in [5.41, 5.74) is 1.04. The average Bonchev–Trinajstić information content (AvgIpc) is 3.32. The van der Waals surface area contributed by atoms with Crippen LogP contribution in [0.3, 0.4) is 0 Å². The van der Waals surface area contributed by atoms with Crippen molar-refractivity contribution in [3.05, 3.63) is 54.3 Å². The minimum Gasteiger partial charge on any atom is -0.329 e. The number of fused-ring (bicyclic) bond motifs is 1. The lowest BCUT2D eigenvalue weighted by molar-refractivity contribution is -0.159. The third-order valence-corrected chi connectivity index (χ3v) is 3.77. The van der Waals surface area contributed by atoms with Crippen LogP contribution in [-0.4, -0.2) is 30.4 Å². The summed E-state index contributed by atoms with van der Waals surface area (Å²) in [4.78, 5) is 16.0. The van der Waals surface area contributed by atoms with Gasteiger partial charge in [0.2, 0.25) is 5.82 Å². The van der Waals surface area contributed by atoms with Crippen LogP contribution in [0.4, 0.5) is 13.2 Å². The van der Waals surface area contributed by atoms with Gasteiger partial charge in [-0.05, 0) is 18.2 Å². The lowest BCUT2D eigenvalue weighted by Crippen LogP contribution is -2.11. The highest BCUT2D eigenvalue weighted by molar-refractivity contribution is 6.01. The standard InChI is InChI=1S/C16H10F3N5O2/c1-23-6-5-11(21-23)14(25)24-7-4-9-2-3-10(8-12(9)24)13-20-15(26-22-13)16(17,18)19/h2-8H,1H3. The van der Waals surface area contributed by atoms with Crippen LogP contribution in [-0.2, 0) is 13.2 Å². The Kier molecular flexibility index (Phi) is 3.43. The van der Waals surface area contributed by atoms with Crippen molar-refractivity contribution in [2.45, 2.75) is 6.18 Å². The summed E-state index contributed by atoms with van der Waals surface area (Å²) in [6.45, 7) is 0. The van der Waals surface area contributed by atoms with Gasteiger partial charge in [-0.25, -0.2) is 0 Å². The number of aryl methyl sites for hydroxylation is 1. The number of carbonyl (C=O) groups excluding carboxylic acids is 1. The second-order valence-corrected chi connectivity index (χ2v) is 5.56. The Hall–Kier alpha value is -3.43. The number of alkyl halides is 3. The first kappa shape index (κ1) is 16.1. The second kappa shape index (κ2) is 5.55. The number of hydrogen-bond acceptors (Lipinski definition) is 5. The molecule has 0 atom stereocenters. The molecule has 0 saturated heterocycles. The Morgan fingerprint density at radius 1 is 1.15 bits per heavy atom. The molecular formula is C16H10F3N5O2. The third kappa shape index (κ3) is 2.65. The van der Waals surface area contributed by atoms with Gasteiger partial charge in [0, 0.05) is 30.4 Å². The van der Waals surface area contributed by atoms with E-state index in [9.17, 15) is 18.0 Å². The lowest BCUT2D eigenvalue weighted by atomic mass is 10.1. The van der Waals surface area contributed by atoms with E-state index in [2.05, 4.69) is 19.8 Å². The molecule has 0 aliphatic carbocycles. The minimum absolute atomic E-state index is 0.211. The molecule has 1 aromatic carbocycles. The van der Waals surface area contributed by atoms with Crippen molar-refractivity contribution in [1.82, 2.24) is 24.5 Å². The maximum absolute atomic E-state index is 12.6. The van der Waals surface area contributed by atoms with Gasteiger partial charge in [0.05, 0.1) is 5.52 Å². The first-order chi connectivity index (χ1) is 12.3. The molecule has 0 N–H and O–H groups in total. The van der Waals surface area contributed by atoms with E-state index in [4.69, 9.17) is 0 Å². The number of benzene rings is 1. The SMILES string of the molecule is Cn1ccc(C(=O)n2ccc3ccc(-c4noc(C(F)(F)F)n4)cc32)n1. The number of carbonyl (C=O) groups is 1. The number of hydrogen-bond donors (Lipinski definition) is 0. The molecule has 3 aromatic heterocycles. The molecule has 7 nitrogen and oxygen atoms in total. The number of nitrogens with zero attached hydrogens (tertiary/aromatic N) is 5. The van der Waals surface area contributed by atoms with E-state index in [1.165, 1.54) is 15.3 Å². The van der Waals surface area contributed by atoms with Gasteiger partial charge in [-0.15, -0.1) is 0 Å². The van der Waals surface area contributed by atoms with E-state index in [-0.39, 0.29) is 17.4 Å². The van der Waals surface area contributed by atoms with Crippen molar-refractivity contribution >= 4 is 16.8 Å². The molecule has 0 spiro atoms.